The van der Waals surface area contributed by atoms with Crippen molar-refractivity contribution in [3.63, 3.8) is 0 Å². The zero-order chi connectivity index (χ0) is 15.1. The van der Waals surface area contributed by atoms with Crippen molar-refractivity contribution in [2.45, 2.75) is 59.4 Å². The van der Waals surface area contributed by atoms with Gasteiger partial charge in [-0.15, -0.1) is 0 Å². The van der Waals surface area contributed by atoms with E-state index in [1.807, 2.05) is 0 Å². The lowest BCUT2D eigenvalue weighted by Crippen LogP contribution is -2.34. The van der Waals surface area contributed by atoms with E-state index in [4.69, 9.17) is 10.8 Å². The molecule has 0 aromatic rings. The molecule has 2 atom stereocenters. The topological polar surface area (TPSA) is 92.4 Å². The molecule has 0 aliphatic carbocycles. The van der Waals surface area contributed by atoms with Crippen LogP contribution in [0.15, 0.2) is 0 Å². The first-order valence-electron chi connectivity index (χ1n) is 6.87. The number of carbonyl (C=O) groups excluding carboxylic acids is 1. The van der Waals surface area contributed by atoms with Crippen LogP contribution in [-0.2, 0) is 9.59 Å². The van der Waals surface area contributed by atoms with Crippen molar-refractivity contribution in [2.75, 3.05) is 6.54 Å². The molecule has 0 spiro atoms. The van der Waals surface area contributed by atoms with E-state index in [1.54, 1.807) is 6.92 Å². The molecule has 5 nitrogen and oxygen atoms in total. The van der Waals surface area contributed by atoms with E-state index in [0.717, 1.165) is 6.42 Å². The molecule has 0 aliphatic heterocycles. The highest BCUT2D eigenvalue weighted by molar-refractivity contribution is 5.76. The number of nitrogens with two attached hydrogens (primary N) is 1. The molecule has 19 heavy (non-hydrogen) atoms. The van der Waals surface area contributed by atoms with Crippen LogP contribution in [0.4, 0.5) is 0 Å². The Labute approximate surface area is 115 Å². The van der Waals surface area contributed by atoms with Gasteiger partial charge in [-0.1, -0.05) is 27.7 Å². The third-order valence-corrected chi connectivity index (χ3v) is 2.88. The monoisotopic (exact) mass is 272 g/mol. The molecule has 0 heterocycles. The third kappa shape index (κ3) is 10.5. The smallest absolute Gasteiger partial charge is 0.306 e. The lowest BCUT2D eigenvalue weighted by atomic mass is 9.87. The molecule has 0 saturated heterocycles. The summed E-state index contributed by atoms with van der Waals surface area (Å²) in [6, 6.07) is -0.127. The van der Waals surface area contributed by atoms with Gasteiger partial charge in [-0.2, -0.15) is 0 Å². The highest BCUT2D eigenvalue weighted by Gasteiger charge is 2.18. The van der Waals surface area contributed by atoms with Crippen LogP contribution in [0.25, 0.3) is 0 Å². The lowest BCUT2D eigenvalue weighted by molar-refractivity contribution is -0.141. The maximum absolute atomic E-state index is 11.6. The minimum Gasteiger partial charge on any atom is -0.481 e. The summed E-state index contributed by atoms with van der Waals surface area (Å²) in [5, 5.41) is 11.5. The van der Waals surface area contributed by atoms with E-state index >= 15 is 0 Å². The van der Waals surface area contributed by atoms with Crippen LogP contribution in [0, 0.1) is 11.3 Å². The second-order valence-corrected chi connectivity index (χ2v) is 6.46. The fraction of sp³-hybridized carbons (Fsp3) is 0.857. The molecule has 1 amide bonds. The van der Waals surface area contributed by atoms with Gasteiger partial charge in [0.25, 0.3) is 0 Å². The van der Waals surface area contributed by atoms with Crippen LogP contribution in [0.3, 0.4) is 0 Å². The predicted molar refractivity (Wildman–Crippen MR) is 75.7 cm³/mol. The zero-order valence-electron chi connectivity index (χ0n) is 12.5. The summed E-state index contributed by atoms with van der Waals surface area (Å²) >= 11 is 0. The maximum atomic E-state index is 11.6. The van der Waals surface area contributed by atoms with Gasteiger partial charge in [0, 0.05) is 19.0 Å². The molecule has 0 aliphatic rings. The Morgan fingerprint density at radius 3 is 2.37 bits per heavy atom. The van der Waals surface area contributed by atoms with Gasteiger partial charge in [0.1, 0.15) is 0 Å². The number of carboxylic acid groups (broad SMARTS) is 1. The van der Waals surface area contributed by atoms with Crippen molar-refractivity contribution >= 4 is 11.9 Å². The Hall–Kier alpha value is -1.10. The van der Waals surface area contributed by atoms with Gasteiger partial charge in [-0.05, 0) is 24.7 Å². The number of hydrogen-bond acceptors (Lipinski definition) is 3. The van der Waals surface area contributed by atoms with Crippen LogP contribution in [0.1, 0.15) is 53.4 Å². The Bertz CT molecular complexity index is 298. The fourth-order valence-electron chi connectivity index (χ4n) is 1.93. The van der Waals surface area contributed by atoms with Crippen LogP contribution in [0.5, 0.6) is 0 Å². The Balaban J connectivity index is 3.73. The fourth-order valence-corrected chi connectivity index (χ4v) is 1.93. The number of nitrogens with one attached hydrogen (secondary N) is 1. The molecule has 0 aromatic heterocycles. The maximum Gasteiger partial charge on any atom is 0.306 e. The SMILES string of the molecule is CC(CCCNC(=O)CC(N)CC(C)(C)C)C(=O)O. The molecule has 0 saturated carbocycles. The molecule has 0 rings (SSSR count). The predicted octanol–water partition coefficient (Wildman–Crippen LogP) is 1.76. The number of hydrogen-bond donors (Lipinski definition) is 3. The van der Waals surface area contributed by atoms with Crippen molar-refractivity contribution < 1.29 is 14.7 Å². The number of aliphatic carboxylic acids is 1. The normalized spacial score (nSPS) is 14.8. The van der Waals surface area contributed by atoms with Gasteiger partial charge in [0.15, 0.2) is 0 Å². The quantitative estimate of drug-likeness (QED) is 0.587. The van der Waals surface area contributed by atoms with Gasteiger partial charge in [0.2, 0.25) is 5.91 Å². The summed E-state index contributed by atoms with van der Waals surface area (Å²) in [6.45, 7) is 8.47. The van der Waals surface area contributed by atoms with Crippen LogP contribution in [-0.4, -0.2) is 29.6 Å². The van der Waals surface area contributed by atoms with Crippen molar-refractivity contribution in [3.05, 3.63) is 0 Å². The number of amides is 1. The molecule has 0 fully saturated rings. The molecule has 2 unspecified atom stereocenters. The Morgan fingerprint density at radius 1 is 1.32 bits per heavy atom. The van der Waals surface area contributed by atoms with Crippen molar-refractivity contribution in [1.82, 2.24) is 5.32 Å². The van der Waals surface area contributed by atoms with Crippen molar-refractivity contribution in [3.8, 4) is 0 Å². The molecule has 0 bridgehead atoms. The first-order valence-corrected chi connectivity index (χ1v) is 6.87. The number of carbonyl (C=O) groups is 2. The molecular weight excluding hydrogens is 244 g/mol. The minimum absolute atomic E-state index is 0.0558. The van der Waals surface area contributed by atoms with Crippen molar-refractivity contribution in [2.24, 2.45) is 17.1 Å². The zero-order valence-corrected chi connectivity index (χ0v) is 12.5. The molecule has 0 radical (unpaired) electrons. The van der Waals surface area contributed by atoms with Crippen LogP contribution >= 0.6 is 0 Å². The number of rotatable bonds is 8. The lowest BCUT2D eigenvalue weighted by Gasteiger charge is -2.22. The largest absolute Gasteiger partial charge is 0.481 e. The second kappa shape index (κ2) is 8.15. The van der Waals surface area contributed by atoms with E-state index in [1.165, 1.54) is 0 Å². The van der Waals surface area contributed by atoms with Crippen LogP contribution in [0.2, 0.25) is 0 Å². The molecule has 0 aromatic carbocycles. The molecule has 112 valence electrons. The first kappa shape index (κ1) is 17.9. The van der Waals surface area contributed by atoms with Gasteiger partial charge in [0.05, 0.1) is 5.92 Å². The summed E-state index contributed by atoms with van der Waals surface area (Å²) < 4.78 is 0. The van der Waals surface area contributed by atoms with Gasteiger partial charge >= 0.3 is 5.97 Å². The molecule has 4 N–H and O–H groups in total. The minimum atomic E-state index is -0.793. The Morgan fingerprint density at radius 2 is 1.89 bits per heavy atom. The summed E-state index contributed by atoms with van der Waals surface area (Å²) in [4.78, 5) is 22.2. The first-order chi connectivity index (χ1) is 8.61. The van der Waals surface area contributed by atoms with E-state index in [2.05, 4.69) is 26.1 Å². The second-order valence-electron chi connectivity index (χ2n) is 6.46. The van der Waals surface area contributed by atoms with Gasteiger partial charge < -0.3 is 16.2 Å². The molecule has 5 heteroatoms. The van der Waals surface area contributed by atoms with Gasteiger partial charge in [-0.25, -0.2) is 0 Å². The van der Waals surface area contributed by atoms with E-state index in [-0.39, 0.29) is 23.3 Å². The number of carboxylic acids is 1. The van der Waals surface area contributed by atoms with Crippen LogP contribution < -0.4 is 11.1 Å². The summed E-state index contributed by atoms with van der Waals surface area (Å²) in [5.74, 6) is -1.21. The van der Waals surface area contributed by atoms with Gasteiger partial charge in [-0.3, -0.25) is 9.59 Å². The summed E-state index contributed by atoms with van der Waals surface area (Å²) in [5.41, 5.74) is 6.04. The van der Waals surface area contributed by atoms with E-state index < -0.39 is 5.97 Å². The Kier molecular flexibility index (Phi) is 7.68. The summed E-state index contributed by atoms with van der Waals surface area (Å²) in [7, 11) is 0. The standard InChI is InChI=1S/C14H28N2O3/c1-10(13(18)19)6-5-7-16-12(17)8-11(15)9-14(2,3)4/h10-11H,5-9,15H2,1-4H3,(H,16,17)(H,18,19). The van der Waals surface area contributed by atoms with E-state index in [9.17, 15) is 9.59 Å². The summed E-state index contributed by atoms with van der Waals surface area (Å²) in [6.07, 6.45) is 2.37. The highest BCUT2D eigenvalue weighted by atomic mass is 16.4. The average molecular weight is 272 g/mol. The average Bonchev–Trinajstić information content (AvgIpc) is 2.20. The van der Waals surface area contributed by atoms with Crippen molar-refractivity contribution in [1.29, 1.82) is 0 Å². The molecular formula is C14H28N2O3. The third-order valence-electron chi connectivity index (χ3n) is 2.88. The highest BCUT2D eigenvalue weighted by Crippen LogP contribution is 2.20. The van der Waals surface area contributed by atoms with E-state index in [0.29, 0.717) is 25.8 Å².